The molecule has 0 unspecified atom stereocenters. The molecule has 0 saturated carbocycles. The Morgan fingerprint density at radius 3 is 2.71 bits per heavy atom. The molecule has 0 aliphatic heterocycles. The van der Waals surface area contributed by atoms with Crippen LogP contribution < -0.4 is 0 Å². The molecule has 0 aromatic carbocycles. The highest BCUT2D eigenvalue weighted by Gasteiger charge is 2.10. The molecule has 14 heavy (non-hydrogen) atoms. The van der Waals surface area contributed by atoms with E-state index < -0.39 is 9.84 Å². The topological polar surface area (TPSA) is 47.0 Å². The van der Waals surface area contributed by atoms with E-state index >= 15 is 0 Å². The molecule has 1 heterocycles. The predicted octanol–water partition coefficient (Wildman–Crippen LogP) is 1.34. The first-order valence-electron chi connectivity index (χ1n) is 4.13. The second-order valence-electron chi connectivity index (χ2n) is 2.94. The van der Waals surface area contributed by atoms with Gasteiger partial charge in [-0.2, -0.15) is 0 Å². The summed E-state index contributed by atoms with van der Waals surface area (Å²) >= 11 is 0. The Labute approximate surface area is 84.4 Å². The number of pyridine rings is 1. The zero-order valence-corrected chi connectivity index (χ0v) is 8.63. The van der Waals surface area contributed by atoms with E-state index in [-0.39, 0.29) is 11.5 Å². The fourth-order valence-electron chi connectivity index (χ4n) is 0.993. The lowest BCUT2D eigenvalue weighted by atomic mass is 10.2. The third kappa shape index (κ3) is 2.96. The predicted molar refractivity (Wildman–Crippen MR) is 57.3 cm³/mol. The molecule has 0 bridgehead atoms. The lowest BCUT2D eigenvalue weighted by molar-refractivity contribution is 0.602. The van der Waals surface area contributed by atoms with Crippen LogP contribution in [0.4, 0.5) is 0 Å². The minimum absolute atomic E-state index is 0.0534. The number of nitrogens with zero attached hydrogens (tertiary/aromatic N) is 1. The van der Waals surface area contributed by atoms with Gasteiger partial charge in [-0.25, -0.2) is 8.42 Å². The molecular formula is C10H12NO2S. The molecule has 1 rings (SSSR count). The van der Waals surface area contributed by atoms with Gasteiger partial charge >= 0.3 is 0 Å². The molecule has 0 saturated heterocycles. The van der Waals surface area contributed by atoms with Gasteiger partial charge in [0.2, 0.25) is 0 Å². The molecule has 1 aromatic heterocycles. The van der Waals surface area contributed by atoms with Crippen LogP contribution in [0.15, 0.2) is 31.1 Å². The van der Waals surface area contributed by atoms with Crippen LogP contribution in [0.1, 0.15) is 5.56 Å². The first kappa shape index (κ1) is 10.9. The summed E-state index contributed by atoms with van der Waals surface area (Å²) in [7, 11) is -3.11. The quantitative estimate of drug-likeness (QED) is 0.753. The molecular weight excluding hydrogens is 198 g/mol. The largest absolute Gasteiger partial charge is 0.264 e. The van der Waals surface area contributed by atoms with E-state index in [4.69, 9.17) is 0 Å². The van der Waals surface area contributed by atoms with Crippen molar-refractivity contribution < 1.29 is 8.42 Å². The summed E-state index contributed by atoms with van der Waals surface area (Å²) in [6.45, 7) is 7.07. The third-order valence-electron chi connectivity index (χ3n) is 1.77. The van der Waals surface area contributed by atoms with Gasteiger partial charge in [0.25, 0.3) is 0 Å². The smallest absolute Gasteiger partial charge is 0.154 e. The van der Waals surface area contributed by atoms with Crippen LogP contribution in [-0.2, 0) is 9.84 Å². The standard InChI is InChI=1S/C10H12NO2S/c1-3-14(12,13)8-9(2)10-5-4-6-11-7-10/h4-7H,1-3,8H2. The average Bonchev–Trinajstić information content (AvgIpc) is 2.19. The summed E-state index contributed by atoms with van der Waals surface area (Å²) in [6.07, 6.45) is 3.23. The summed E-state index contributed by atoms with van der Waals surface area (Å²) in [6, 6.07) is 3.53. The molecule has 3 nitrogen and oxygen atoms in total. The van der Waals surface area contributed by atoms with Crippen LogP contribution in [0.25, 0.3) is 5.57 Å². The van der Waals surface area contributed by atoms with E-state index in [1.165, 1.54) is 0 Å². The van der Waals surface area contributed by atoms with Gasteiger partial charge in [-0.05, 0) is 24.1 Å². The Kier molecular flexibility index (Phi) is 3.41. The molecule has 0 amide bonds. The van der Waals surface area contributed by atoms with Crippen molar-refractivity contribution in [2.75, 3.05) is 11.5 Å². The fraction of sp³-hybridized carbons (Fsp3) is 0.200. The van der Waals surface area contributed by atoms with Crippen molar-refractivity contribution in [3.8, 4) is 0 Å². The van der Waals surface area contributed by atoms with Crippen LogP contribution >= 0.6 is 0 Å². The number of rotatable bonds is 4. The van der Waals surface area contributed by atoms with Crippen molar-refractivity contribution in [1.82, 2.24) is 4.98 Å². The molecule has 0 spiro atoms. The fourth-order valence-corrected chi connectivity index (χ4v) is 1.83. The molecule has 1 aromatic rings. The first-order valence-corrected chi connectivity index (χ1v) is 5.95. The van der Waals surface area contributed by atoms with E-state index in [1.54, 1.807) is 24.5 Å². The Morgan fingerprint density at radius 1 is 1.50 bits per heavy atom. The number of hydrogen-bond acceptors (Lipinski definition) is 3. The molecule has 0 aliphatic rings. The van der Waals surface area contributed by atoms with Crippen LogP contribution in [0.2, 0.25) is 0 Å². The van der Waals surface area contributed by atoms with Crippen molar-refractivity contribution in [1.29, 1.82) is 0 Å². The van der Waals surface area contributed by atoms with E-state index in [9.17, 15) is 8.42 Å². The summed E-state index contributed by atoms with van der Waals surface area (Å²) in [5.41, 5.74) is 1.31. The zero-order valence-electron chi connectivity index (χ0n) is 7.81. The Bertz CT molecular complexity index is 409. The van der Waals surface area contributed by atoms with Crippen LogP contribution in [0.3, 0.4) is 0 Å². The van der Waals surface area contributed by atoms with Crippen LogP contribution in [0.5, 0.6) is 0 Å². The SMILES string of the molecule is [CH2]CS(=O)(=O)CC(=C)c1cccnc1. The van der Waals surface area contributed by atoms with Crippen molar-refractivity contribution in [2.24, 2.45) is 0 Å². The van der Waals surface area contributed by atoms with E-state index in [0.717, 1.165) is 5.56 Å². The number of hydrogen-bond donors (Lipinski definition) is 0. The lowest BCUT2D eigenvalue weighted by Gasteiger charge is -2.04. The van der Waals surface area contributed by atoms with Crippen molar-refractivity contribution in [2.45, 2.75) is 0 Å². The number of sulfone groups is 1. The molecule has 0 atom stereocenters. The molecule has 1 radical (unpaired) electrons. The zero-order chi connectivity index (χ0) is 10.6. The van der Waals surface area contributed by atoms with Gasteiger partial charge in [0, 0.05) is 12.4 Å². The van der Waals surface area contributed by atoms with Gasteiger partial charge in [-0.1, -0.05) is 12.6 Å². The highest BCUT2D eigenvalue weighted by Crippen LogP contribution is 2.12. The highest BCUT2D eigenvalue weighted by atomic mass is 32.2. The maximum absolute atomic E-state index is 11.2. The Morgan fingerprint density at radius 2 is 2.21 bits per heavy atom. The minimum Gasteiger partial charge on any atom is -0.264 e. The molecule has 0 fully saturated rings. The molecule has 4 heteroatoms. The van der Waals surface area contributed by atoms with E-state index in [2.05, 4.69) is 18.5 Å². The summed E-state index contributed by atoms with van der Waals surface area (Å²) in [4.78, 5) is 3.89. The summed E-state index contributed by atoms with van der Waals surface area (Å²) in [5.74, 6) is -0.158. The normalized spacial score (nSPS) is 11.2. The number of aromatic nitrogens is 1. The molecule has 0 N–H and O–H groups in total. The van der Waals surface area contributed by atoms with E-state index in [1.807, 2.05) is 0 Å². The third-order valence-corrected chi connectivity index (χ3v) is 3.19. The monoisotopic (exact) mass is 210 g/mol. The van der Waals surface area contributed by atoms with Gasteiger partial charge < -0.3 is 0 Å². The van der Waals surface area contributed by atoms with Crippen molar-refractivity contribution in [3.63, 3.8) is 0 Å². The minimum atomic E-state index is -3.11. The second-order valence-corrected chi connectivity index (χ2v) is 5.12. The van der Waals surface area contributed by atoms with Gasteiger partial charge in [-0.15, -0.1) is 0 Å². The maximum Gasteiger partial charge on any atom is 0.154 e. The Hall–Kier alpha value is -1.16. The van der Waals surface area contributed by atoms with Crippen molar-refractivity contribution >= 4 is 15.4 Å². The first-order chi connectivity index (χ1) is 6.55. The van der Waals surface area contributed by atoms with Crippen molar-refractivity contribution in [3.05, 3.63) is 43.6 Å². The van der Waals surface area contributed by atoms with Crippen LogP contribution in [0, 0.1) is 6.92 Å². The maximum atomic E-state index is 11.2. The Balaban J connectivity index is 2.79. The highest BCUT2D eigenvalue weighted by molar-refractivity contribution is 7.91. The van der Waals surface area contributed by atoms with Gasteiger partial charge in [-0.3, -0.25) is 4.98 Å². The van der Waals surface area contributed by atoms with E-state index in [0.29, 0.717) is 5.57 Å². The lowest BCUT2D eigenvalue weighted by Crippen LogP contribution is -2.09. The average molecular weight is 210 g/mol. The molecule has 0 aliphatic carbocycles. The van der Waals surface area contributed by atoms with Crippen LogP contribution in [-0.4, -0.2) is 24.9 Å². The van der Waals surface area contributed by atoms with Gasteiger partial charge in [0.1, 0.15) is 0 Å². The second kappa shape index (κ2) is 4.37. The van der Waals surface area contributed by atoms with Gasteiger partial charge in [0.15, 0.2) is 9.84 Å². The summed E-state index contributed by atoms with van der Waals surface area (Å²) < 4.78 is 22.5. The van der Waals surface area contributed by atoms with Gasteiger partial charge in [0.05, 0.1) is 11.5 Å². The summed E-state index contributed by atoms with van der Waals surface area (Å²) in [5, 5.41) is 0. The molecule has 75 valence electrons.